The fraction of sp³-hybridized carbons (Fsp3) is 0.929. The van der Waals surface area contributed by atoms with Crippen LogP contribution in [0, 0.1) is 5.92 Å². The molecule has 3 unspecified atom stereocenters. The molecule has 3 atom stereocenters. The van der Waals surface area contributed by atoms with Gasteiger partial charge in [0.25, 0.3) is 0 Å². The Hall–Kier alpha value is -0.820. The molecule has 4 nitrogen and oxygen atoms in total. The van der Waals surface area contributed by atoms with E-state index in [0.717, 1.165) is 12.8 Å². The molecule has 0 bridgehead atoms. The topological polar surface area (TPSA) is 41.6 Å². The molecule has 2 aliphatic rings. The molecular formula is C14H23F3N2O2. The zero-order valence-electron chi connectivity index (χ0n) is 12.3. The molecule has 2 rings (SSSR count). The molecule has 2 saturated heterocycles. The molecule has 1 amide bonds. The smallest absolute Gasteiger partial charge is 0.377 e. The number of nitrogens with zero attached hydrogens (tertiary/aromatic N) is 1. The molecule has 122 valence electrons. The van der Waals surface area contributed by atoms with E-state index in [9.17, 15) is 18.0 Å². The van der Waals surface area contributed by atoms with Crippen LogP contribution >= 0.6 is 0 Å². The van der Waals surface area contributed by atoms with Crippen molar-refractivity contribution >= 4 is 5.91 Å². The third kappa shape index (κ3) is 4.32. The number of carbonyl (C=O) groups is 1. The second kappa shape index (κ2) is 6.96. The monoisotopic (exact) mass is 308 g/mol. The molecule has 0 aromatic heterocycles. The summed E-state index contributed by atoms with van der Waals surface area (Å²) in [6.45, 7) is 3.59. The number of nitrogens with one attached hydrogen (secondary N) is 1. The van der Waals surface area contributed by atoms with E-state index in [1.54, 1.807) is 4.90 Å². The highest BCUT2D eigenvalue weighted by Gasteiger charge is 2.43. The Kier molecular flexibility index (Phi) is 5.48. The lowest BCUT2D eigenvalue weighted by Crippen LogP contribution is -2.55. The average Bonchev–Trinajstić information content (AvgIpc) is 2.46. The fourth-order valence-electron chi connectivity index (χ4n) is 3.08. The number of amides is 1. The first-order valence-electron chi connectivity index (χ1n) is 7.62. The van der Waals surface area contributed by atoms with Crippen molar-refractivity contribution in [1.82, 2.24) is 10.2 Å². The average molecular weight is 308 g/mol. The van der Waals surface area contributed by atoms with Crippen molar-refractivity contribution in [2.24, 2.45) is 5.92 Å². The first kappa shape index (κ1) is 16.5. The minimum absolute atomic E-state index is 0.0234. The summed E-state index contributed by atoms with van der Waals surface area (Å²) >= 11 is 0. The summed E-state index contributed by atoms with van der Waals surface area (Å²) in [6, 6.07) is -0.482. The third-order valence-electron chi connectivity index (χ3n) is 4.27. The number of hydrogen-bond acceptors (Lipinski definition) is 3. The minimum Gasteiger partial charge on any atom is -0.377 e. The van der Waals surface area contributed by atoms with Gasteiger partial charge in [0, 0.05) is 26.2 Å². The summed E-state index contributed by atoms with van der Waals surface area (Å²) in [4.78, 5) is 14.1. The van der Waals surface area contributed by atoms with Crippen molar-refractivity contribution in [2.75, 3.05) is 26.2 Å². The van der Waals surface area contributed by atoms with Crippen molar-refractivity contribution in [3.8, 4) is 0 Å². The lowest BCUT2D eigenvalue weighted by molar-refractivity contribution is -0.181. The number of alkyl halides is 3. The number of likely N-dealkylation sites (tertiary alicyclic amines) is 1. The molecule has 2 heterocycles. The quantitative estimate of drug-likeness (QED) is 0.866. The van der Waals surface area contributed by atoms with Crippen LogP contribution in [0.15, 0.2) is 0 Å². The fourth-order valence-corrected chi connectivity index (χ4v) is 3.08. The van der Waals surface area contributed by atoms with Crippen LogP contribution in [0.3, 0.4) is 0 Å². The van der Waals surface area contributed by atoms with Gasteiger partial charge < -0.3 is 15.0 Å². The Labute approximate surface area is 123 Å². The van der Waals surface area contributed by atoms with E-state index in [0.29, 0.717) is 19.7 Å². The molecular weight excluding hydrogens is 285 g/mol. The van der Waals surface area contributed by atoms with Crippen molar-refractivity contribution in [2.45, 2.75) is 50.9 Å². The number of carbonyl (C=O) groups excluding carboxylic acids is 1. The second-order valence-corrected chi connectivity index (χ2v) is 5.78. The van der Waals surface area contributed by atoms with Gasteiger partial charge in [-0.15, -0.1) is 0 Å². The van der Waals surface area contributed by atoms with Gasteiger partial charge in [0.05, 0.1) is 18.1 Å². The highest BCUT2D eigenvalue weighted by Crippen LogP contribution is 2.32. The summed E-state index contributed by atoms with van der Waals surface area (Å²) < 4.78 is 43.4. The first-order chi connectivity index (χ1) is 9.91. The minimum atomic E-state index is -4.17. The van der Waals surface area contributed by atoms with Gasteiger partial charge in [-0.25, -0.2) is 0 Å². The third-order valence-corrected chi connectivity index (χ3v) is 4.27. The Morgan fingerprint density at radius 1 is 1.33 bits per heavy atom. The molecule has 0 aromatic rings. The van der Waals surface area contributed by atoms with Crippen molar-refractivity contribution in [3.05, 3.63) is 0 Å². The van der Waals surface area contributed by atoms with Crippen LogP contribution in [0.2, 0.25) is 0 Å². The summed E-state index contributed by atoms with van der Waals surface area (Å²) in [7, 11) is 0. The number of rotatable bonds is 3. The van der Waals surface area contributed by atoms with Gasteiger partial charge in [0.1, 0.15) is 0 Å². The molecule has 0 aliphatic carbocycles. The van der Waals surface area contributed by atoms with E-state index in [2.05, 4.69) is 5.32 Å². The summed E-state index contributed by atoms with van der Waals surface area (Å²) in [5.41, 5.74) is 0. The van der Waals surface area contributed by atoms with E-state index in [1.165, 1.54) is 0 Å². The van der Waals surface area contributed by atoms with Crippen molar-refractivity contribution in [1.29, 1.82) is 0 Å². The molecule has 0 saturated carbocycles. The maximum Gasteiger partial charge on any atom is 0.393 e. The molecule has 2 fully saturated rings. The van der Waals surface area contributed by atoms with Crippen LogP contribution in [-0.2, 0) is 9.53 Å². The van der Waals surface area contributed by atoms with E-state index in [4.69, 9.17) is 4.74 Å². The first-order valence-corrected chi connectivity index (χ1v) is 7.62. The lowest BCUT2D eigenvalue weighted by atomic mass is 9.93. The predicted molar refractivity (Wildman–Crippen MR) is 71.8 cm³/mol. The Morgan fingerprint density at radius 2 is 2.10 bits per heavy atom. The SMILES string of the molecule is CCOC1CCCN(C(=O)C2CCC(C(F)(F)F)CN2)C1. The van der Waals surface area contributed by atoms with Crippen molar-refractivity contribution < 1.29 is 22.7 Å². The maximum atomic E-state index is 12.6. The second-order valence-electron chi connectivity index (χ2n) is 5.78. The largest absolute Gasteiger partial charge is 0.393 e. The summed E-state index contributed by atoms with van der Waals surface area (Å²) in [6.07, 6.45) is -2.03. The predicted octanol–water partition coefficient (Wildman–Crippen LogP) is 1.94. The van der Waals surface area contributed by atoms with E-state index in [-0.39, 0.29) is 31.4 Å². The molecule has 0 radical (unpaired) electrons. The van der Waals surface area contributed by atoms with Gasteiger partial charge in [-0.05, 0) is 32.6 Å². The van der Waals surface area contributed by atoms with E-state index in [1.807, 2.05) is 6.92 Å². The van der Waals surface area contributed by atoms with Gasteiger partial charge in [-0.1, -0.05) is 0 Å². The molecule has 1 N–H and O–H groups in total. The molecule has 0 spiro atoms. The van der Waals surface area contributed by atoms with Gasteiger partial charge in [0.2, 0.25) is 5.91 Å². The summed E-state index contributed by atoms with van der Waals surface area (Å²) in [5, 5.41) is 2.77. The van der Waals surface area contributed by atoms with Crippen molar-refractivity contribution in [3.63, 3.8) is 0 Å². The number of halogens is 3. The van der Waals surface area contributed by atoms with Gasteiger partial charge >= 0.3 is 6.18 Å². The van der Waals surface area contributed by atoms with Gasteiger partial charge in [0.15, 0.2) is 0 Å². The van der Waals surface area contributed by atoms with Crippen LogP contribution in [0.25, 0.3) is 0 Å². The highest BCUT2D eigenvalue weighted by atomic mass is 19.4. The Morgan fingerprint density at radius 3 is 2.67 bits per heavy atom. The molecule has 21 heavy (non-hydrogen) atoms. The number of hydrogen-bond donors (Lipinski definition) is 1. The van der Waals surface area contributed by atoms with E-state index < -0.39 is 18.1 Å². The van der Waals surface area contributed by atoms with Crippen LogP contribution in [0.4, 0.5) is 13.2 Å². The zero-order chi connectivity index (χ0) is 15.5. The maximum absolute atomic E-state index is 12.6. The number of piperidine rings is 2. The van der Waals surface area contributed by atoms with Gasteiger partial charge in [-0.3, -0.25) is 4.79 Å². The highest BCUT2D eigenvalue weighted by molar-refractivity contribution is 5.82. The lowest BCUT2D eigenvalue weighted by Gasteiger charge is -2.37. The normalized spacial score (nSPS) is 31.2. The van der Waals surface area contributed by atoms with Crippen LogP contribution in [0.5, 0.6) is 0 Å². The number of ether oxygens (including phenoxy) is 1. The molecule has 2 aliphatic heterocycles. The molecule has 7 heteroatoms. The van der Waals surface area contributed by atoms with Gasteiger partial charge in [-0.2, -0.15) is 13.2 Å². The van der Waals surface area contributed by atoms with Crippen LogP contribution in [0.1, 0.15) is 32.6 Å². The molecule has 0 aromatic carbocycles. The Bertz CT molecular complexity index is 353. The Balaban J connectivity index is 1.84. The summed E-state index contributed by atoms with van der Waals surface area (Å²) in [5.74, 6) is -1.42. The zero-order valence-corrected chi connectivity index (χ0v) is 12.3. The standard InChI is InChI=1S/C14H23F3N2O2/c1-2-21-11-4-3-7-19(9-11)13(20)12-6-5-10(8-18-12)14(15,16)17/h10-12,18H,2-9H2,1H3. The van der Waals surface area contributed by atoms with E-state index >= 15 is 0 Å². The van der Waals surface area contributed by atoms with Crippen LogP contribution in [-0.4, -0.2) is 55.4 Å². The van der Waals surface area contributed by atoms with Crippen LogP contribution < -0.4 is 5.32 Å².